The van der Waals surface area contributed by atoms with Crippen LogP contribution in [0.15, 0.2) is 25.3 Å². The number of likely N-dealkylation sites (tertiary alicyclic amines) is 1. The van der Waals surface area contributed by atoms with Crippen molar-refractivity contribution in [3.05, 3.63) is 25.3 Å². The third-order valence-electron chi connectivity index (χ3n) is 8.36. The van der Waals surface area contributed by atoms with E-state index in [0.29, 0.717) is 32.6 Å². The van der Waals surface area contributed by atoms with Crippen molar-refractivity contribution in [3.63, 3.8) is 0 Å². The van der Waals surface area contributed by atoms with Crippen LogP contribution >= 0.6 is 11.8 Å². The van der Waals surface area contributed by atoms with Crippen molar-refractivity contribution in [2.75, 3.05) is 32.8 Å². The number of carbonyl (C=O) groups excluding carboxylic acids is 3. The number of rotatable bonds is 13. The zero-order chi connectivity index (χ0) is 27.5. The van der Waals surface area contributed by atoms with Gasteiger partial charge in [-0.05, 0) is 58.8 Å². The molecule has 1 N–H and O–H groups in total. The van der Waals surface area contributed by atoms with Gasteiger partial charge in [-0.15, -0.1) is 24.9 Å². The number of thioether (sulfide) groups is 1. The van der Waals surface area contributed by atoms with Gasteiger partial charge in [0.2, 0.25) is 17.7 Å². The highest BCUT2D eigenvalue weighted by Gasteiger charge is 2.76. The minimum atomic E-state index is -0.618. The van der Waals surface area contributed by atoms with Gasteiger partial charge in [-0.3, -0.25) is 14.4 Å². The lowest BCUT2D eigenvalue weighted by Gasteiger charge is -2.44. The molecular weight excluding hydrogens is 486 g/mol. The summed E-state index contributed by atoms with van der Waals surface area (Å²) < 4.78 is -0.618. The summed E-state index contributed by atoms with van der Waals surface area (Å²) in [5, 5.41) is 9.29. The number of aliphatic hydroxyl groups is 1. The summed E-state index contributed by atoms with van der Waals surface area (Å²) in [6.07, 6.45) is 7.33. The lowest BCUT2D eigenvalue weighted by molar-refractivity contribution is -0.146. The second-order valence-electron chi connectivity index (χ2n) is 11.8. The van der Waals surface area contributed by atoms with Crippen LogP contribution in [-0.2, 0) is 14.4 Å². The number of carbonyl (C=O) groups is 3. The van der Waals surface area contributed by atoms with Gasteiger partial charge in [-0.1, -0.05) is 26.0 Å². The predicted molar refractivity (Wildman–Crippen MR) is 150 cm³/mol. The Bertz CT molecular complexity index is 887. The van der Waals surface area contributed by atoms with Crippen molar-refractivity contribution < 1.29 is 19.5 Å². The molecule has 3 aliphatic heterocycles. The van der Waals surface area contributed by atoms with E-state index in [1.165, 1.54) is 0 Å². The van der Waals surface area contributed by atoms with Crippen molar-refractivity contribution >= 4 is 29.5 Å². The zero-order valence-electron chi connectivity index (χ0n) is 23.4. The van der Waals surface area contributed by atoms with E-state index in [1.807, 2.05) is 37.5 Å². The number of hydrogen-bond donors (Lipinski definition) is 1. The van der Waals surface area contributed by atoms with Gasteiger partial charge in [0, 0.05) is 43.6 Å². The molecule has 3 saturated heterocycles. The maximum absolute atomic E-state index is 14.4. The quantitative estimate of drug-likeness (QED) is 0.288. The lowest BCUT2D eigenvalue weighted by Crippen LogP contribution is -2.60. The second-order valence-corrected chi connectivity index (χ2v) is 13.4. The summed E-state index contributed by atoms with van der Waals surface area (Å²) in [5.74, 6) is -0.847. The van der Waals surface area contributed by atoms with Crippen LogP contribution in [0.5, 0.6) is 0 Å². The number of unbranched alkanes of at least 4 members (excludes halogenated alkanes) is 2. The average Bonchev–Trinajstić information content (AvgIpc) is 3.42. The van der Waals surface area contributed by atoms with Crippen LogP contribution < -0.4 is 0 Å². The van der Waals surface area contributed by atoms with Gasteiger partial charge in [0.05, 0.1) is 16.6 Å². The number of amides is 3. The SMILES string of the molecule is C=CCN(CCC)C(=O)[C@@H]1[C@H]2C(=O)N(CCCCCO)C(C(=O)N(CC=C)C(C)(C)C)C23S[C@@H]1CC3C. The summed E-state index contributed by atoms with van der Waals surface area (Å²) in [7, 11) is 0. The first-order chi connectivity index (χ1) is 17.5. The van der Waals surface area contributed by atoms with E-state index in [9.17, 15) is 19.5 Å². The summed E-state index contributed by atoms with van der Waals surface area (Å²) in [4.78, 5) is 48.1. The van der Waals surface area contributed by atoms with Crippen molar-refractivity contribution in [1.82, 2.24) is 14.7 Å². The van der Waals surface area contributed by atoms with Crippen molar-refractivity contribution in [3.8, 4) is 0 Å². The average molecular weight is 534 g/mol. The smallest absolute Gasteiger partial charge is 0.247 e. The fraction of sp³-hybridized carbons (Fsp3) is 0.759. The Labute approximate surface area is 227 Å². The first-order valence-electron chi connectivity index (χ1n) is 13.9. The third-order valence-corrected chi connectivity index (χ3v) is 10.4. The van der Waals surface area contributed by atoms with Crippen LogP contribution in [0.3, 0.4) is 0 Å². The molecule has 208 valence electrons. The van der Waals surface area contributed by atoms with Gasteiger partial charge in [0.25, 0.3) is 0 Å². The summed E-state index contributed by atoms with van der Waals surface area (Å²) in [5.41, 5.74) is -0.437. The van der Waals surface area contributed by atoms with E-state index in [0.717, 1.165) is 25.7 Å². The van der Waals surface area contributed by atoms with E-state index in [1.54, 1.807) is 28.8 Å². The summed E-state index contributed by atoms with van der Waals surface area (Å²) in [6, 6.07) is -0.611. The zero-order valence-corrected chi connectivity index (χ0v) is 24.3. The molecule has 3 amide bonds. The van der Waals surface area contributed by atoms with Crippen molar-refractivity contribution in [2.24, 2.45) is 17.8 Å². The van der Waals surface area contributed by atoms with Gasteiger partial charge >= 0.3 is 0 Å². The molecule has 0 aromatic heterocycles. The molecule has 1 spiro atoms. The molecule has 3 unspecified atom stereocenters. The standard InChI is InChI=1S/C29H47N3O4S/c1-8-14-30(15-9-2)25(34)22-21-19-20(4)29(37-21)23(22)26(35)31(17-12-11-13-18-33)24(29)27(36)32(16-10-3)28(5,6)7/h8,10,20-24,33H,1,3,9,11-19H2,2,4-7H3/t20?,21-,22+,23+,24?,29?/m1/s1. The lowest BCUT2D eigenvalue weighted by atomic mass is 9.65. The molecule has 3 aliphatic rings. The molecule has 0 aromatic rings. The van der Waals surface area contributed by atoms with Gasteiger partial charge in [-0.25, -0.2) is 0 Å². The molecule has 0 aromatic carbocycles. The fourth-order valence-corrected chi connectivity index (χ4v) is 9.20. The largest absolute Gasteiger partial charge is 0.396 e. The maximum Gasteiger partial charge on any atom is 0.247 e. The van der Waals surface area contributed by atoms with E-state index in [-0.39, 0.29) is 35.5 Å². The highest BCUT2D eigenvalue weighted by atomic mass is 32.2. The summed E-state index contributed by atoms with van der Waals surface area (Å²) >= 11 is 1.73. The molecule has 2 bridgehead atoms. The van der Waals surface area contributed by atoms with Gasteiger partial charge in [-0.2, -0.15) is 0 Å². The van der Waals surface area contributed by atoms with Crippen LogP contribution in [0.4, 0.5) is 0 Å². The van der Waals surface area contributed by atoms with Gasteiger partial charge in [0.15, 0.2) is 0 Å². The number of nitrogens with zero attached hydrogens (tertiary/aromatic N) is 3. The van der Waals surface area contributed by atoms with Gasteiger partial charge < -0.3 is 19.8 Å². The normalized spacial score (nSPS) is 30.4. The first kappa shape index (κ1) is 29.8. The topological polar surface area (TPSA) is 81.2 Å². The fourth-order valence-electron chi connectivity index (χ4n) is 6.79. The van der Waals surface area contributed by atoms with Crippen molar-refractivity contribution in [1.29, 1.82) is 0 Å². The van der Waals surface area contributed by atoms with Crippen LogP contribution in [0, 0.1) is 17.8 Å². The minimum Gasteiger partial charge on any atom is -0.396 e. The highest BCUT2D eigenvalue weighted by Crippen LogP contribution is 2.69. The number of aliphatic hydroxyl groups excluding tert-OH is 1. The minimum absolute atomic E-state index is 0.0264. The first-order valence-corrected chi connectivity index (χ1v) is 14.8. The van der Waals surface area contributed by atoms with E-state index >= 15 is 0 Å². The van der Waals surface area contributed by atoms with E-state index in [4.69, 9.17) is 0 Å². The van der Waals surface area contributed by atoms with E-state index in [2.05, 4.69) is 20.1 Å². The van der Waals surface area contributed by atoms with E-state index < -0.39 is 28.2 Å². The molecule has 0 aliphatic carbocycles. The molecule has 6 atom stereocenters. The molecule has 0 saturated carbocycles. The molecular formula is C29H47N3O4S. The van der Waals surface area contributed by atoms with Crippen LogP contribution in [0.2, 0.25) is 0 Å². The molecule has 3 heterocycles. The molecule has 3 fully saturated rings. The molecule has 37 heavy (non-hydrogen) atoms. The van der Waals surface area contributed by atoms with Crippen LogP contribution in [-0.4, -0.2) is 91.9 Å². The van der Waals surface area contributed by atoms with Crippen LogP contribution in [0.1, 0.15) is 66.7 Å². The Morgan fingerprint density at radius 3 is 2.41 bits per heavy atom. The maximum atomic E-state index is 14.4. The third kappa shape index (κ3) is 5.25. The Morgan fingerprint density at radius 2 is 1.84 bits per heavy atom. The van der Waals surface area contributed by atoms with Crippen LogP contribution in [0.25, 0.3) is 0 Å². The Kier molecular flexibility index (Phi) is 9.60. The molecule has 3 rings (SSSR count). The van der Waals surface area contributed by atoms with Gasteiger partial charge in [0.1, 0.15) is 6.04 Å². The molecule has 8 heteroatoms. The number of fused-ring (bicyclic) bond motifs is 1. The second kappa shape index (κ2) is 11.9. The monoisotopic (exact) mass is 533 g/mol. The Balaban J connectivity index is 2.07. The Morgan fingerprint density at radius 1 is 1.16 bits per heavy atom. The van der Waals surface area contributed by atoms with Crippen molar-refractivity contribution in [2.45, 2.75) is 88.3 Å². The highest BCUT2D eigenvalue weighted by molar-refractivity contribution is 8.02. The number of hydrogen-bond acceptors (Lipinski definition) is 5. The summed E-state index contributed by atoms with van der Waals surface area (Å²) in [6.45, 7) is 20.0. The molecule has 7 nitrogen and oxygen atoms in total. The molecule has 0 radical (unpaired) electrons. The predicted octanol–water partition coefficient (Wildman–Crippen LogP) is 3.72. The Hall–Kier alpha value is -1.80.